The number of carbonyl (C=O) groups excluding carboxylic acids is 2. The summed E-state index contributed by atoms with van der Waals surface area (Å²) in [5, 5.41) is 17.6. The first-order chi connectivity index (χ1) is 13.8. The molecule has 0 unspecified atom stereocenters. The Labute approximate surface area is 173 Å². The second kappa shape index (κ2) is 8.87. The summed E-state index contributed by atoms with van der Waals surface area (Å²) in [4.78, 5) is 23.7. The Kier molecular flexibility index (Phi) is 6.28. The topological polar surface area (TPSA) is 102 Å². The van der Waals surface area contributed by atoms with E-state index in [1.54, 1.807) is 35.9 Å². The molecule has 0 aliphatic heterocycles. The van der Waals surface area contributed by atoms with Gasteiger partial charge in [-0.15, -0.1) is 5.10 Å². The zero-order chi connectivity index (χ0) is 21.0. The lowest BCUT2D eigenvalue weighted by Crippen LogP contribution is -2.23. The Hall–Kier alpha value is -3.20. The van der Waals surface area contributed by atoms with Crippen molar-refractivity contribution in [2.75, 3.05) is 10.6 Å². The number of tetrazole rings is 1. The lowest BCUT2D eigenvalue weighted by Gasteiger charge is -2.12. The van der Waals surface area contributed by atoms with Gasteiger partial charge in [-0.25, -0.2) is 0 Å². The summed E-state index contributed by atoms with van der Waals surface area (Å²) < 4.78 is 1.64. The molecule has 8 nitrogen and oxygen atoms in total. The highest BCUT2D eigenvalue weighted by Gasteiger charge is 2.19. The Balaban J connectivity index is 1.67. The molecule has 0 saturated heterocycles. The van der Waals surface area contributed by atoms with Crippen LogP contribution in [0, 0.1) is 13.8 Å². The molecule has 0 saturated carbocycles. The van der Waals surface area contributed by atoms with E-state index in [1.165, 1.54) is 18.7 Å². The van der Waals surface area contributed by atoms with E-state index in [9.17, 15) is 9.59 Å². The number of aryl methyl sites for hydroxylation is 2. The molecule has 0 spiro atoms. The van der Waals surface area contributed by atoms with Crippen molar-refractivity contribution in [1.82, 2.24) is 20.2 Å². The quantitative estimate of drug-likeness (QED) is 0.604. The van der Waals surface area contributed by atoms with Crippen molar-refractivity contribution in [3.05, 3.63) is 53.6 Å². The maximum Gasteiger partial charge on any atom is 0.237 e. The molecular weight excluding hydrogens is 388 g/mol. The van der Waals surface area contributed by atoms with Gasteiger partial charge in [0.1, 0.15) is 0 Å². The molecule has 0 fully saturated rings. The van der Waals surface area contributed by atoms with Gasteiger partial charge in [0, 0.05) is 18.3 Å². The van der Waals surface area contributed by atoms with E-state index in [4.69, 9.17) is 0 Å². The smallest absolute Gasteiger partial charge is 0.237 e. The van der Waals surface area contributed by atoms with Crippen molar-refractivity contribution >= 4 is 35.0 Å². The molecule has 1 aromatic heterocycles. The maximum atomic E-state index is 12.6. The number of aromatic nitrogens is 4. The second-order valence-electron chi connectivity index (χ2n) is 6.73. The van der Waals surface area contributed by atoms with Gasteiger partial charge in [-0.1, -0.05) is 17.8 Å². The van der Waals surface area contributed by atoms with Crippen LogP contribution in [0.4, 0.5) is 11.4 Å². The number of hydrogen-bond acceptors (Lipinski definition) is 6. The molecule has 0 aliphatic carbocycles. The number of rotatable bonds is 6. The van der Waals surface area contributed by atoms with Gasteiger partial charge in [0.05, 0.1) is 10.9 Å². The summed E-state index contributed by atoms with van der Waals surface area (Å²) in [6.45, 7) is 7.27. The van der Waals surface area contributed by atoms with Crippen molar-refractivity contribution in [3.8, 4) is 5.69 Å². The molecule has 9 heteroatoms. The van der Waals surface area contributed by atoms with Gasteiger partial charge in [-0.2, -0.15) is 4.68 Å². The maximum absolute atomic E-state index is 12.6. The van der Waals surface area contributed by atoms with Gasteiger partial charge >= 0.3 is 0 Å². The largest absolute Gasteiger partial charge is 0.326 e. The number of benzene rings is 2. The fourth-order valence-electron chi connectivity index (χ4n) is 2.78. The van der Waals surface area contributed by atoms with Crippen molar-refractivity contribution in [1.29, 1.82) is 0 Å². The van der Waals surface area contributed by atoms with Gasteiger partial charge < -0.3 is 10.6 Å². The molecule has 0 aliphatic rings. The van der Waals surface area contributed by atoms with E-state index in [0.29, 0.717) is 16.5 Å². The van der Waals surface area contributed by atoms with E-state index >= 15 is 0 Å². The predicted octanol–water partition coefficient (Wildman–Crippen LogP) is 3.36. The van der Waals surface area contributed by atoms with Gasteiger partial charge in [-0.3, -0.25) is 9.59 Å². The minimum Gasteiger partial charge on any atom is -0.326 e. The van der Waals surface area contributed by atoms with Crippen LogP contribution >= 0.6 is 11.8 Å². The molecule has 2 N–H and O–H groups in total. The van der Waals surface area contributed by atoms with E-state index in [2.05, 4.69) is 32.2 Å². The SMILES string of the molecule is CC(=O)Nc1ccc(NC(=O)[C@@H](C)Sc2nnnn2-c2cc(C)cc(C)c2)cc1. The number of hydrogen-bond donors (Lipinski definition) is 2. The molecule has 29 heavy (non-hydrogen) atoms. The Morgan fingerprint density at radius 3 is 2.17 bits per heavy atom. The van der Waals surface area contributed by atoms with Crippen LogP contribution < -0.4 is 10.6 Å². The normalized spacial score (nSPS) is 11.7. The first kappa shape index (κ1) is 20.5. The molecule has 150 valence electrons. The molecule has 0 bridgehead atoms. The Bertz CT molecular complexity index is 1010. The summed E-state index contributed by atoms with van der Waals surface area (Å²) in [5.74, 6) is -0.314. The minimum absolute atomic E-state index is 0.145. The molecule has 0 radical (unpaired) electrons. The van der Waals surface area contributed by atoms with Gasteiger partial charge in [0.2, 0.25) is 17.0 Å². The molecule has 3 aromatic rings. The zero-order valence-electron chi connectivity index (χ0n) is 16.6. The van der Waals surface area contributed by atoms with Gasteiger partial charge in [0.25, 0.3) is 0 Å². The van der Waals surface area contributed by atoms with Crippen LogP contribution in [0.3, 0.4) is 0 Å². The van der Waals surface area contributed by atoms with Crippen LogP contribution in [0.1, 0.15) is 25.0 Å². The number of carbonyl (C=O) groups is 2. The summed E-state index contributed by atoms with van der Waals surface area (Å²) >= 11 is 1.28. The van der Waals surface area contributed by atoms with Crippen LogP contribution in [0.5, 0.6) is 0 Å². The molecule has 2 amide bonds. The molecule has 1 heterocycles. The fraction of sp³-hybridized carbons (Fsp3) is 0.250. The highest BCUT2D eigenvalue weighted by molar-refractivity contribution is 8.00. The Morgan fingerprint density at radius 2 is 1.59 bits per heavy atom. The Morgan fingerprint density at radius 1 is 1.00 bits per heavy atom. The summed E-state index contributed by atoms with van der Waals surface area (Å²) in [5.41, 5.74) is 4.40. The van der Waals surface area contributed by atoms with E-state index < -0.39 is 5.25 Å². The number of nitrogens with one attached hydrogen (secondary N) is 2. The number of amides is 2. The van der Waals surface area contributed by atoms with E-state index in [-0.39, 0.29) is 11.8 Å². The molecule has 1 atom stereocenters. The van der Waals surface area contributed by atoms with Crippen molar-refractivity contribution in [3.63, 3.8) is 0 Å². The van der Waals surface area contributed by atoms with E-state index in [0.717, 1.165) is 16.8 Å². The van der Waals surface area contributed by atoms with Crippen molar-refractivity contribution < 1.29 is 9.59 Å². The van der Waals surface area contributed by atoms with Gasteiger partial charge in [0.15, 0.2) is 0 Å². The monoisotopic (exact) mass is 410 g/mol. The summed E-state index contributed by atoms with van der Waals surface area (Å²) in [7, 11) is 0. The third-order valence-electron chi connectivity index (χ3n) is 4.02. The fourth-order valence-corrected chi connectivity index (χ4v) is 3.59. The predicted molar refractivity (Wildman–Crippen MR) is 113 cm³/mol. The van der Waals surface area contributed by atoms with Crippen LogP contribution in [-0.4, -0.2) is 37.3 Å². The first-order valence-corrected chi connectivity index (χ1v) is 9.92. The van der Waals surface area contributed by atoms with E-state index in [1.807, 2.05) is 26.0 Å². The lowest BCUT2D eigenvalue weighted by molar-refractivity contribution is -0.115. The average molecular weight is 411 g/mol. The standard InChI is InChI=1S/C20H22N6O2S/c1-12-9-13(2)11-18(10-12)26-20(23-24-25-26)29-14(3)19(28)22-17-7-5-16(6-8-17)21-15(4)27/h5-11,14H,1-4H3,(H,21,27)(H,22,28)/t14-/m1/s1. The second-order valence-corrected chi connectivity index (χ2v) is 8.03. The van der Waals surface area contributed by atoms with Crippen LogP contribution in [-0.2, 0) is 9.59 Å². The lowest BCUT2D eigenvalue weighted by atomic mass is 10.1. The molecule has 2 aromatic carbocycles. The third-order valence-corrected chi connectivity index (χ3v) is 5.05. The summed E-state index contributed by atoms with van der Waals surface area (Å²) in [6.07, 6.45) is 0. The number of thioether (sulfide) groups is 1. The van der Waals surface area contributed by atoms with Crippen LogP contribution in [0.2, 0.25) is 0 Å². The molecular formula is C20H22N6O2S. The molecule has 3 rings (SSSR count). The third kappa shape index (κ3) is 5.41. The number of anilines is 2. The number of nitrogens with zero attached hydrogens (tertiary/aromatic N) is 4. The highest BCUT2D eigenvalue weighted by atomic mass is 32.2. The summed E-state index contributed by atoms with van der Waals surface area (Å²) in [6, 6.07) is 13.0. The zero-order valence-corrected chi connectivity index (χ0v) is 17.4. The highest BCUT2D eigenvalue weighted by Crippen LogP contribution is 2.25. The van der Waals surface area contributed by atoms with Crippen LogP contribution in [0.25, 0.3) is 5.69 Å². The van der Waals surface area contributed by atoms with Crippen molar-refractivity contribution in [2.45, 2.75) is 38.1 Å². The van der Waals surface area contributed by atoms with Crippen molar-refractivity contribution in [2.24, 2.45) is 0 Å². The van der Waals surface area contributed by atoms with Gasteiger partial charge in [-0.05, 0) is 78.7 Å². The van der Waals surface area contributed by atoms with Crippen LogP contribution in [0.15, 0.2) is 47.6 Å². The first-order valence-electron chi connectivity index (χ1n) is 9.04. The minimum atomic E-state index is -0.416. The average Bonchev–Trinajstić information content (AvgIpc) is 3.10.